The predicted octanol–water partition coefficient (Wildman–Crippen LogP) is 2.07. The molecule has 6 nitrogen and oxygen atoms in total. The number of carbonyl (C=O) groups is 1. The molecular formula is C13H14FN5OS. The van der Waals surface area contributed by atoms with Gasteiger partial charge in [-0.1, -0.05) is 17.8 Å². The van der Waals surface area contributed by atoms with E-state index < -0.39 is 0 Å². The van der Waals surface area contributed by atoms with Crippen LogP contribution in [0, 0.1) is 5.82 Å². The van der Waals surface area contributed by atoms with E-state index in [2.05, 4.69) is 15.5 Å². The summed E-state index contributed by atoms with van der Waals surface area (Å²) in [7, 11) is 0. The fraction of sp³-hybridized carbons (Fsp3) is 0.308. The van der Waals surface area contributed by atoms with Crippen LogP contribution < -0.4 is 11.1 Å². The predicted molar refractivity (Wildman–Crippen MR) is 78.5 cm³/mol. The molecule has 0 bridgehead atoms. The maximum Gasteiger partial charge on any atom is 0.234 e. The number of rotatable bonds is 5. The number of carbonyl (C=O) groups excluding carboxylic acids is 1. The smallest absolute Gasteiger partial charge is 0.234 e. The van der Waals surface area contributed by atoms with Crippen LogP contribution >= 0.6 is 11.8 Å². The quantitative estimate of drug-likeness (QED) is 0.826. The summed E-state index contributed by atoms with van der Waals surface area (Å²) in [5.74, 6) is -0.0665. The molecule has 0 radical (unpaired) electrons. The van der Waals surface area contributed by atoms with Crippen LogP contribution in [0.2, 0.25) is 0 Å². The van der Waals surface area contributed by atoms with Crippen LogP contribution in [0.3, 0.4) is 0 Å². The molecule has 1 amide bonds. The van der Waals surface area contributed by atoms with E-state index in [0.29, 0.717) is 22.8 Å². The minimum Gasteiger partial charge on any atom is -0.368 e. The van der Waals surface area contributed by atoms with E-state index in [9.17, 15) is 9.18 Å². The third-order valence-electron chi connectivity index (χ3n) is 3.04. The van der Waals surface area contributed by atoms with Crippen molar-refractivity contribution in [2.45, 2.75) is 24.0 Å². The Hall–Kier alpha value is -2.09. The molecule has 0 unspecified atom stereocenters. The maximum atomic E-state index is 13.0. The van der Waals surface area contributed by atoms with Gasteiger partial charge in [0.1, 0.15) is 5.82 Å². The maximum absolute atomic E-state index is 13.0. The minimum atomic E-state index is -0.387. The van der Waals surface area contributed by atoms with Gasteiger partial charge < -0.3 is 11.1 Å². The summed E-state index contributed by atoms with van der Waals surface area (Å²) in [5, 5.41) is 11.1. The van der Waals surface area contributed by atoms with E-state index in [1.165, 1.54) is 23.9 Å². The monoisotopic (exact) mass is 307 g/mol. The van der Waals surface area contributed by atoms with Crippen LogP contribution in [0.1, 0.15) is 18.9 Å². The summed E-state index contributed by atoms with van der Waals surface area (Å²) in [6, 6.07) is 6.13. The molecule has 2 aromatic rings. The van der Waals surface area contributed by atoms with Gasteiger partial charge in [0.2, 0.25) is 11.9 Å². The highest BCUT2D eigenvalue weighted by Gasteiger charge is 2.29. The van der Waals surface area contributed by atoms with Gasteiger partial charge in [-0.05, 0) is 31.0 Å². The molecule has 1 aliphatic carbocycles. The molecule has 0 saturated heterocycles. The molecule has 3 N–H and O–H groups in total. The van der Waals surface area contributed by atoms with E-state index >= 15 is 0 Å². The van der Waals surface area contributed by atoms with Crippen molar-refractivity contribution in [1.82, 2.24) is 14.8 Å². The van der Waals surface area contributed by atoms with Gasteiger partial charge in [0.25, 0.3) is 0 Å². The second-order valence-electron chi connectivity index (χ2n) is 4.79. The topological polar surface area (TPSA) is 85.8 Å². The molecule has 1 saturated carbocycles. The molecule has 1 heterocycles. The SMILES string of the molecule is Nc1nnc(SCC(=O)Nc2cccc(F)c2)n1C1CC1. The normalized spacial score (nSPS) is 14.1. The molecule has 3 rings (SSSR count). The van der Waals surface area contributed by atoms with Crippen LogP contribution in [-0.4, -0.2) is 26.4 Å². The van der Waals surface area contributed by atoms with E-state index in [-0.39, 0.29) is 17.5 Å². The first kappa shape index (κ1) is 13.9. The zero-order valence-corrected chi connectivity index (χ0v) is 11.9. The Bertz CT molecular complexity index is 670. The third kappa shape index (κ3) is 3.33. The highest BCUT2D eigenvalue weighted by atomic mass is 32.2. The van der Waals surface area contributed by atoms with Gasteiger partial charge in [0, 0.05) is 11.7 Å². The molecule has 8 heteroatoms. The van der Waals surface area contributed by atoms with Crippen molar-refractivity contribution in [3.8, 4) is 0 Å². The minimum absolute atomic E-state index is 0.168. The van der Waals surface area contributed by atoms with Crippen LogP contribution in [0.25, 0.3) is 0 Å². The van der Waals surface area contributed by atoms with Crippen molar-refractivity contribution < 1.29 is 9.18 Å². The van der Waals surface area contributed by atoms with Crippen molar-refractivity contribution in [3.63, 3.8) is 0 Å². The number of benzene rings is 1. The molecule has 0 spiro atoms. The number of thioether (sulfide) groups is 1. The highest BCUT2D eigenvalue weighted by Crippen LogP contribution is 2.39. The number of aromatic nitrogens is 3. The van der Waals surface area contributed by atoms with Crippen LogP contribution in [0.5, 0.6) is 0 Å². The third-order valence-corrected chi connectivity index (χ3v) is 3.99. The molecule has 0 aliphatic heterocycles. The van der Waals surface area contributed by atoms with Crippen molar-refractivity contribution in [2.75, 3.05) is 16.8 Å². The molecular weight excluding hydrogens is 293 g/mol. The van der Waals surface area contributed by atoms with E-state index in [1.807, 2.05) is 4.57 Å². The first-order chi connectivity index (χ1) is 10.1. The summed E-state index contributed by atoms with van der Waals surface area (Å²) in [6.45, 7) is 0. The number of hydrogen-bond donors (Lipinski definition) is 2. The number of anilines is 2. The largest absolute Gasteiger partial charge is 0.368 e. The second-order valence-corrected chi connectivity index (χ2v) is 5.73. The molecule has 1 aromatic carbocycles. The number of nitrogens with two attached hydrogens (primary N) is 1. The van der Waals surface area contributed by atoms with Gasteiger partial charge in [-0.15, -0.1) is 10.2 Å². The Labute approximate surface area is 124 Å². The van der Waals surface area contributed by atoms with Gasteiger partial charge in [-0.25, -0.2) is 4.39 Å². The summed E-state index contributed by atoms with van der Waals surface area (Å²) in [5.41, 5.74) is 6.20. The number of nitrogen functional groups attached to an aromatic ring is 1. The Kier molecular flexibility index (Phi) is 3.78. The lowest BCUT2D eigenvalue weighted by Crippen LogP contribution is -2.14. The molecule has 110 valence electrons. The zero-order valence-electron chi connectivity index (χ0n) is 11.1. The lowest BCUT2D eigenvalue weighted by atomic mass is 10.3. The Morgan fingerprint density at radius 2 is 2.29 bits per heavy atom. The average molecular weight is 307 g/mol. The van der Waals surface area contributed by atoms with Gasteiger partial charge >= 0.3 is 0 Å². The fourth-order valence-electron chi connectivity index (χ4n) is 1.96. The highest BCUT2D eigenvalue weighted by molar-refractivity contribution is 7.99. The number of amides is 1. The van der Waals surface area contributed by atoms with Gasteiger partial charge in [-0.2, -0.15) is 0 Å². The van der Waals surface area contributed by atoms with E-state index in [4.69, 9.17) is 5.73 Å². The molecule has 0 atom stereocenters. The zero-order chi connectivity index (χ0) is 14.8. The summed E-state index contributed by atoms with van der Waals surface area (Å²) < 4.78 is 14.9. The Balaban J connectivity index is 1.59. The van der Waals surface area contributed by atoms with Crippen molar-refractivity contribution >= 4 is 29.3 Å². The van der Waals surface area contributed by atoms with Crippen LogP contribution in [-0.2, 0) is 4.79 Å². The number of halogens is 1. The summed E-state index contributed by atoms with van der Waals surface area (Å²) in [4.78, 5) is 11.9. The fourth-order valence-corrected chi connectivity index (χ4v) is 2.77. The van der Waals surface area contributed by atoms with Gasteiger partial charge in [0.05, 0.1) is 5.75 Å². The van der Waals surface area contributed by atoms with Crippen molar-refractivity contribution in [1.29, 1.82) is 0 Å². The Morgan fingerprint density at radius 3 is 3.00 bits per heavy atom. The first-order valence-electron chi connectivity index (χ1n) is 6.52. The van der Waals surface area contributed by atoms with E-state index in [1.54, 1.807) is 12.1 Å². The van der Waals surface area contributed by atoms with Gasteiger partial charge in [-0.3, -0.25) is 9.36 Å². The molecule has 1 aromatic heterocycles. The number of nitrogens with zero attached hydrogens (tertiary/aromatic N) is 3. The van der Waals surface area contributed by atoms with Gasteiger partial charge in [0.15, 0.2) is 5.16 Å². The lowest BCUT2D eigenvalue weighted by molar-refractivity contribution is -0.113. The summed E-state index contributed by atoms with van der Waals surface area (Å²) in [6.07, 6.45) is 2.12. The average Bonchev–Trinajstić information content (AvgIpc) is 3.20. The Morgan fingerprint density at radius 1 is 1.48 bits per heavy atom. The molecule has 1 aliphatic rings. The first-order valence-corrected chi connectivity index (χ1v) is 7.50. The van der Waals surface area contributed by atoms with Crippen molar-refractivity contribution in [2.24, 2.45) is 0 Å². The van der Waals surface area contributed by atoms with Crippen LogP contribution in [0.15, 0.2) is 29.4 Å². The number of nitrogens with one attached hydrogen (secondary N) is 1. The number of hydrogen-bond acceptors (Lipinski definition) is 5. The second kappa shape index (κ2) is 5.72. The summed E-state index contributed by atoms with van der Waals surface area (Å²) >= 11 is 1.27. The van der Waals surface area contributed by atoms with Crippen LogP contribution in [0.4, 0.5) is 16.0 Å². The van der Waals surface area contributed by atoms with E-state index in [0.717, 1.165) is 12.8 Å². The van der Waals surface area contributed by atoms with Crippen molar-refractivity contribution in [3.05, 3.63) is 30.1 Å². The standard InChI is InChI=1S/C13H14FN5OS/c14-8-2-1-3-9(6-8)16-11(20)7-21-13-18-17-12(15)19(13)10-4-5-10/h1-3,6,10H,4-5,7H2,(H2,15,17)(H,16,20). The molecule has 21 heavy (non-hydrogen) atoms. The molecule has 1 fully saturated rings. The lowest BCUT2D eigenvalue weighted by Gasteiger charge is -2.07.